The number of nitrogens with one attached hydrogen (secondary N) is 1. The van der Waals surface area contributed by atoms with E-state index in [1.54, 1.807) is 11.3 Å². The second-order valence-electron chi connectivity index (χ2n) is 3.08. The number of nitrogens with zero attached hydrogens (tertiary/aromatic N) is 2. The minimum Gasteiger partial charge on any atom is -0.259 e. The first-order valence-corrected chi connectivity index (χ1v) is 5.58. The van der Waals surface area contributed by atoms with E-state index in [1.807, 2.05) is 24.3 Å². The second-order valence-corrected chi connectivity index (χ2v) is 4.51. The summed E-state index contributed by atoms with van der Waals surface area (Å²) in [6, 6.07) is 8.03. The van der Waals surface area contributed by atoms with Gasteiger partial charge in [-0.25, -0.2) is 4.98 Å². The lowest BCUT2D eigenvalue weighted by Gasteiger charge is -1.90. The SMILES string of the molecule is Clc1c(-c2ncn[nH]2)sc2ccccc12. The molecule has 74 valence electrons. The summed E-state index contributed by atoms with van der Waals surface area (Å²) in [6.45, 7) is 0. The number of hydrogen-bond acceptors (Lipinski definition) is 3. The third kappa shape index (κ3) is 1.33. The molecule has 0 amide bonds. The predicted octanol–water partition coefficient (Wildman–Crippen LogP) is 3.34. The Balaban J connectivity index is 2.33. The molecular formula is C10H6ClN3S. The summed E-state index contributed by atoms with van der Waals surface area (Å²) >= 11 is 7.89. The van der Waals surface area contributed by atoms with Crippen molar-refractivity contribution in [3.63, 3.8) is 0 Å². The maximum Gasteiger partial charge on any atom is 0.167 e. The Bertz CT molecular complexity index is 600. The average Bonchev–Trinajstić information content (AvgIpc) is 2.87. The molecule has 1 N–H and O–H groups in total. The van der Waals surface area contributed by atoms with Crippen molar-refractivity contribution in [2.45, 2.75) is 0 Å². The monoisotopic (exact) mass is 235 g/mol. The largest absolute Gasteiger partial charge is 0.259 e. The van der Waals surface area contributed by atoms with Crippen molar-refractivity contribution in [2.75, 3.05) is 0 Å². The van der Waals surface area contributed by atoms with Crippen LogP contribution in [0.4, 0.5) is 0 Å². The van der Waals surface area contributed by atoms with Gasteiger partial charge in [-0.1, -0.05) is 29.8 Å². The number of thiophene rings is 1. The van der Waals surface area contributed by atoms with E-state index < -0.39 is 0 Å². The number of benzene rings is 1. The highest BCUT2D eigenvalue weighted by molar-refractivity contribution is 7.23. The molecular weight excluding hydrogens is 230 g/mol. The molecule has 2 heterocycles. The van der Waals surface area contributed by atoms with E-state index in [0.29, 0.717) is 0 Å². The van der Waals surface area contributed by atoms with Gasteiger partial charge in [-0.3, -0.25) is 5.10 Å². The van der Waals surface area contributed by atoms with Crippen molar-refractivity contribution < 1.29 is 0 Å². The van der Waals surface area contributed by atoms with Gasteiger partial charge in [-0.05, 0) is 6.07 Å². The molecule has 15 heavy (non-hydrogen) atoms. The Labute approximate surface area is 94.7 Å². The summed E-state index contributed by atoms with van der Waals surface area (Å²) in [7, 11) is 0. The number of fused-ring (bicyclic) bond motifs is 1. The van der Waals surface area contributed by atoms with E-state index in [2.05, 4.69) is 15.2 Å². The van der Waals surface area contributed by atoms with E-state index in [4.69, 9.17) is 11.6 Å². The smallest absolute Gasteiger partial charge is 0.167 e. The Hall–Kier alpha value is -1.39. The zero-order chi connectivity index (χ0) is 10.3. The molecule has 5 heteroatoms. The molecule has 3 rings (SSSR count). The van der Waals surface area contributed by atoms with Crippen LogP contribution in [0.5, 0.6) is 0 Å². The maximum atomic E-state index is 6.27. The molecule has 0 saturated carbocycles. The third-order valence-corrected chi connectivity index (χ3v) is 3.85. The molecule has 0 aliphatic rings. The van der Waals surface area contributed by atoms with Gasteiger partial charge in [-0.2, -0.15) is 5.10 Å². The Morgan fingerprint density at radius 3 is 2.87 bits per heavy atom. The summed E-state index contributed by atoms with van der Waals surface area (Å²) in [4.78, 5) is 5.04. The zero-order valence-corrected chi connectivity index (χ0v) is 9.14. The fourth-order valence-electron chi connectivity index (χ4n) is 1.48. The van der Waals surface area contributed by atoms with Crippen molar-refractivity contribution >= 4 is 33.0 Å². The van der Waals surface area contributed by atoms with Crippen LogP contribution in [0, 0.1) is 0 Å². The molecule has 3 aromatic rings. The molecule has 0 saturated heterocycles. The van der Waals surface area contributed by atoms with Crippen molar-refractivity contribution in [1.29, 1.82) is 0 Å². The molecule has 3 nitrogen and oxygen atoms in total. The number of aromatic amines is 1. The number of aromatic nitrogens is 3. The van der Waals surface area contributed by atoms with Crippen LogP contribution in [0.25, 0.3) is 20.8 Å². The normalized spacial score (nSPS) is 11.0. The van der Waals surface area contributed by atoms with E-state index in [9.17, 15) is 0 Å². The van der Waals surface area contributed by atoms with E-state index in [0.717, 1.165) is 25.8 Å². The van der Waals surface area contributed by atoms with Crippen LogP contribution in [0.3, 0.4) is 0 Å². The standard InChI is InChI=1S/C10H6ClN3S/c11-8-6-3-1-2-4-7(6)15-9(8)10-12-5-13-14-10/h1-5H,(H,12,13,14). The first-order valence-electron chi connectivity index (χ1n) is 4.39. The molecule has 0 bridgehead atoms. The predicted molar refractivity (Wildman–Crippen MR) is 62.2 cm³/mol. The Kier molecular flexibility index (Phi) is 1.97. The lowest BCUT2D eigenvalue weighted by molar-refractivity contribution is 1.10. The Morgan fingerprint density at radius 2 is 2.13 bits per heavy atom. The van der Waals surface area contributed by atoms with E-state index in [1.165, 1.54) is 6.33 Å². The highest BCUT2D eigenvalue weighted by Crippen LogP contribution is 2.40. The number of rotatable bonds is 1. The van der Waals surface area contributed by atoms with Crippen LogP contribution < -0.4 is 0 Å². The first kappa shape index (κ1) is 8.88. The molecule has 0 unspecified atom stereocenters. The molecule has 0 aliphatic carbocycles. The van der Waals surface area contributed by atoms with Gasteiger partial charge >= 0.3 is 0 Å². The Morgan fingerprint density at radius 1 is 1.27 bits per heavy atom. The van der Waals surface area contributed by atoms with Gasteiger partial charge in [0.25, 0.3) is 0 Å². The maximum absolute atomic E-state index is 6.27. The molecule has 0 fully saturated rings. The average molecular weight is 236 g/mol. The number of H-pyrrole nitrogens is 1. The van der Waals surface area contributed by atoms with Gasteiger partial charge in [0.05, 0.1) is 9.90 Å². The summed E-state index contributed by atoms with van der Waals surface area (Å²) in [6.07, 6.45) is 1.48. The van der Waals surface area contributed by atoms with Gasteiger partial charge in [0, 0.05) is 10.1 Å². The third-order valence-electron chi connectivity index (χ3n) is 2.16. The van der Waals surface area contributed by atoms with Gasteiger partial charge in [0.15, 0.2) is 5.82 Å². The first-order chi connectivity index (χ1) is 7.36. The molecule has 0 aliphatic heterocycles. The summed E-state index contributed by atoms with van der Waals surface area (Å²) in [5, 5.41) is 8.45. The van der Waals surface area contributed by atoms with Crippen molar-refractivity contribution in [3.8, 4) is 10.7 Å². The minimum absolute atomic E-state index is 0.723. The van der Waals surface area contributed by atoms with Crippen LogP contribution in [0.15, 0.2) is 30.6 Å². The number of hydrogen-bond donors (Lipinski definition) is 1. The molecule has 0 atom stereocenters. The van der Waals surface area contributed by atoms with Crippen LogP contribution in [0.2, 0.25) is 5.02 Å². The second kappa shape index (κ2) is 3.32. The fraction of sp³-hybridized carbons (Fsp3) is 0. The van der Waals surface area contributed by atoms with Crippen LogP contribution in [-0.4, -0.2) is 15.2 Å². The molecule has 1 aromatic carbocycles. The topological polar surface area (TPSA) is 41.6 Å². The highest BCUT2D eigenvalue weighted by atomic mass is 35.5. The van der Waals surface area contributed by atoms with Gasteiger partial charge < -0.3 is 0 Å². The van der Waals surface area contributed by atoms with E-state index >= 15 is 0 Å². The van der Waals surface area contributed by atoms with Crippen molar-refractivity contribution in [2.24, 2.45) is 0 Å². The molecule has 2 aromatic heterocycles. The highest BCUT2D eigenvalue weighted by Gasteiger charge is 2.13. The van der Waals surface area contributed by atoms with E-state index in [-0.39, 0.29) is 0 Å². The molecule has 0 radical (unpaired) electrons. The van der Waals surface area contributed by atoms with Crippen LogP contribution in [-0.2, 0) is 0 Å². The number of halogens is 1. The fourth-order valence-corrected chi connectivity index (χ4v) is 2.95. The lowest BCUT2D eigenvalue weighted by Crippen LogP contribution is -1.75. The minimum atomic E-state index is 0.723. The van der Waals surface area contributed by atoms with Gasteiger partial charge in [0.2, 0.25) is 0 Å². The van der Waals surface area contributed by atoms with Gasteiger partial charge in [-0.15, -0.1) is 11.3 Å². The van der Waals surface area contributed by atoms with Crippen molar-refractivity contribution in [1.82, 2.24) is 15.2 Å². The van der Waals surface area contributed by atoms with Crippen LogP contribution in [0.1, 0.15) is 0 Å². The van der Waals surface area contributed by atoms with Crippen molar-refractivity contribution in [3.05, 3.63) is 35.6 Å². The summed E-state index contributed by atoms with van der Waals surface area (Å²) in [5.41, 5.74) is 0. The molecule has 0 spiro atoms. The van der Waals surface area contributed by atoms with Gasteiger partial charge in [0.1, 0.15) is 6.33 Å². The summed E-state index contributed by atoms with van der Waals surface area (Å²) in [5.74, 6) is 0.723. The zero-order valence-electron chi connectivity index (χ0n) is 7.57. The quantitative estimate of drug-likeness (QED) is 0.703. The van der Waals surface area contributed by atoms with Crippen LogP contribution >= 0.6 is 22.9 Å². The lowest BCUT2D eigenvalue weighted by atomic mass is 10.2. The summed E-state index contributed by atoms with van der Waals surface area (Å²) < 4.78 is 1.16.